The van der Waals surface area contributed by atoms with Crippen LogP contribution < -0.4 is 10.2 Å². The number of carbonyl (C=O) groups excluding carboxylic acids is 1. The molecule has 0 saturated carbocycles. The lowest BCUT2D eigenvalue weighted by Gasteiger charge is -2.29. The maximum atomic E-state index is 11.8. The first-order valence-corrected chi connectivity index (χ1v) is 9.61. The molecule has 28 heavy (non-hydrogen) atoms. The highest BCUT2D eigenvalue weighted by atomic mass is 16.1. The van der Waals surface area contributed by atoms with Gasteiger partial charge in [-0.05, 0) is 24.0 Å². The van der Waals surface area contributed by atoms with Crippen LogP contribution in [0.15, 0.2) is 60.8 Å². The number of aldehydes is 1. The SMILES string of the molecule is CC(C)c1ccccc1-c1ncc2c(n1)N(C(C)c1ccccc1)[C@H](C=O)N2. The molecule has 1 unspecified atom stereocenters. The monoisotopic (exact) mass is 372 g/mol. The van der Waals surface area contributed by atoms with Gasteiger partial charge in [0, 0.05) is 5.56 Å². The standard InChI is InChI=1S/C23H24N4O/c1-15(2)18-11-7-8-12-19(18)22-24-13-20-23(26-22)27(21(14-28)25-20)16(3)17-9-5-4-6-10-17/h4-16,21,25H,1-3H3/t16?,21-/m1/s1. The molecule has 2 heterocycles. The third-order valence-corrected chi connectivity index (χ3v) is 5.27. The van der Waals surface area contributed by atoms with Crippen molar-refractivity contribution in [2.24, 2.45) is 0 Å². The van der Waals surface area contributed by atoms with Gasteiger partial charge in [0.2, 0.25) is 0 Å². The normalized spacial score (nSPS) is 16.6. The fraction of sp³-hybridized carbons (Fsp3) is 0.261. The molecule has 1 aromatic heterocycles. The van der Waals surface area contributed by atoms with E-state index >= 15 is 0 Å². The predicted molar refractivity (Wildman–Crippen MR) is 112 cm³/mol. The third-order valence-electron chi connectivity index (χ3n) is 5.27. The Morgan fingerprint density at radius 3 is 2.46 bits per heavy atom. The van der Waals surface area contributed by atoms with Crippen molar-refractivity contribution in [3.05, 3.63) is 71.9 Å². The second-order valence-corrected chi connectivity index (χ2v) is 7.39. The molecule has 0 radical (unpaired) electrons. The average Bonchev–Trinajstić information content (AvgIpc) is 3.11. The topological polar surface area (TPSA) is 58.1 Å². The van der Waals surface area contributed by atoms with Gasteiger partial charge in [-0.2, -0.15) is 0 Å². The number of carbonyl (C=O) groups is 1. The molecule has 1 aliphatic rings. The lowest BCUT2D eigenvalue weighted by molar-refractivity contribution is -0.108. The summed E-state index contributed by atoms with van der Waals surface area (Å²) >= 11 is 0. The molecule has 1 aliphatic heterocycles. The number of hydrogen-bond acceptors (Lipinski definition) is 5. The van der Waals surface area contributed by atoms with Crippen molar-refractivity contribution in [1.82, 2.24) is 9.97 Å². The molecule has 0 amide bonds. The zero-order valence-electron chi connectivity index (χ0n) is 16.3. The van der Waals surface area contributed by atoms with E-state index in [9.17, 15) is 4.79 Å². The summed E-state index contributed by atoms with van der Waals surface area (Å²) in [5.74, 6) is 1.81. The minimum Gasteiger partial charge on any atom is -0.355 e. The van der Waals surface area contributed by atoms with E-state index in [0.717, 1.165) is 28.9 Å². The van der Waals surface area contributed by atoms with Gasteiger partial charge in [0.25, 0.3) is 0 Å². The van der Waals surface area contributed by atoms with Crippen molar-refractivity contribution in [1.29, 1.82) is 0 Å². The molecule has 4 rings (SSSR count). The second kappa shape index (κ2) is 7.43. The lowest BCUT2D eigenvalue weighted by Crippen LogP contribution is -2.39. The van der Waals surface area contributed by atoms with Crippen LogP contribution >= 0.6 is 0 Å². The fourth-order valence-corrected chi connectivity index (χ4v) is 3.78. The maximum absolute atomic E-state index is 11.8. The highest BCUT2D eigenvalue weighted by Crippen LogP contribution is 2.39. The van der Waals surface area contributed by atoms with Gasteiger partial charge in [0.1, 0.15) is 0 Å². The number of nitrogens with zero attached hydrogens (tertiary/aromatic N) is 3. The molecule has 1 N–H and O–H groups in total. The molecular formula is C23H24N4O. The van der Waals surface area contributed by atoms with Gasteiger partial charge in [0.05, 0.1) is 17.9 Å². The van der Waals surface area contributed by atoms with Crippen LogP contribution in [-0.2, 0) is 4.79 Å². The largest absolute Gasteiger partial charge is 0.355 e. The number of benzene rings is 2. The summed E-state index contributed by atoms with van der Waals surface area (Å²) in [7, 11) is 0. The molecule has 3 aromatic rings. The molecule has 5 nitrogen and oxygen atoms in total. The van der Waals surface area contributed by atoms with Gasteiger partial charge in [-0.15, -0.1) is 0 Å². The molecule has 0 saturated heterocycles. The van der Waals surface area contributed by atoms with Crippen LogP contribution in [0.1, 0.15) is 43.9 Å². The van der Waals surface area contributed by atoms with E-state index in [1.807, 2.05) is 35.2 Å². The van der Waals surface area contributed by atoms with E-state index < -0.39 is 6.17 Å². The van der Waals surface area contributed by atoms with Crippen LogP contribution in [0.2, 0.25) is 0 Å². The van der Waals surface area contributed by atoms with Crippen LogP contribution in [0.25, 0.3) is 11.4 Å². The van der Waals surface area contributed by atoms with Crippen molar-refractivity contribution >= 4 is 17.8 Å². The van der Waals surface area contributed by atoms with Gasteiger partial charge >= 0.3 is 0 Å². The van der Waals surface area contributed by atoms with Crippen molar-refractivity contribution in [2.75, 3.05) is 10.2 Å². The van der Waals surface area contributed by atoms with E-state index in [0.29, 0.717) is 11.7 Å². The number of hydrogen-bond donors (Lipinski definition) is 1. The molecule has 0 bridgehead atoms. The Balaban J connectivity index is 1.79. The predicted octanol–water partition coefficient (Wildman–Crippen LogP) is 4.79. The number of anilines is 2. The minimum absolute atomic E-state index is 0.00626. The van der Waals surface area contributed by atoms with E-state index in [2.05, 4.69) is 55.3 Å². The van der Waals surface area contributed by atoms with E-state index in [4.69, 9.17) is 4.98 Å². The molecule has 2 atom stereocenters. The Kier molecular flexibility index (Phi) is 4.82. The van der Waals surface area contributed by atoms with E-state index in [-0.39, 0.29) is 6.04 Å². The van der Waals surface area contributed by atoms with E-state index in [1.165, 1.54) is 5.56 Å². The van der Waals surface area contributed by atoms with Crippen LogP contribution in [0.3, 0.4) is 0 Å². The van der Waals surface area contributed by atoms with Crippen LogP contribution in [0.4, 0.5) is 11.5 Å². The van der Waals surface area contributed by atoms with Crippen LogP contribution in [-0.4, -0.2) is 22.4 Å². The first-order valence-electron chi connectivity index (χ1n) is 9.61. The average molecular weight is 372 g/mol. The molecular weight excluding hydrogens is 348 g/mol. The van der Waals surface area contributed by atoms with Crippen LogP contribution in [0.5, 0.6) is 0 Å². The van der Waals surface area contributed by atoms with Crippen molar-refractivity contribution in [3.63, 3.8) is 0 Å². The lowest BCUT2D eigenvalue weighted by atomic mass is 9.97. The summed E-state index contributed by atoms with van der Waals surface area (Å²) in [5, 5.41) is 3.23. The quantitative estimate of drug-likeness (QED) is 0.653. The first kappa shape index (κ1) is 18.2. The number of rotatable bonds is 5. The van der Waals surface area contributed by atoms with Crippen LogP contribution in [0, 0.1) is 0 Å². The van der Waals surface area contributed by atoms with Crippen molar-refractivity contribution < 1.29 is 4.79 Å². The maximum Gasteiger partial charge on any atom is 0.162 e. The summed E-state index contributed by atoms with van der Waals surface area (Å²) in [4.78, 5) is 23.3. The van der Waals surface area contributed by atoms with Crippen molar-refractivity contribution in [2.45, 2.75) is 38.9 Å². The number of nitrogens with one attached hydrogen (secondary N) is 1. The van der Waals surface area contributed by atoms with Gasteiger partial charge in [-0.3, -0.25) is 4.79 Å². The zero-order chi connectivity index (χ0) is 19.7. The molecule has 5 heteroatoms. The molecule has 0 aliphatic carbocycles. The molecule has 0 spiro atoms. The second-order valence-electron chi connectivity index (χ2n) is 7.39. The first-order chi connectivity index (χ1) is 13.6. The Bertz CT molecular complexity index is 987. The Morgan fingerprint density at radius 1 is 1.04 bits per heavy atom. The Labute approximate surface area is 165 Å². The van der Waals surface area contributed by atoms with Gasteiger partial charge in [-0.1, -0.05) is 68.4 Å². The molecule has 0 fully saturated rings. The Hall–Kier alpha value is -3.21. The summed E-state index contributed by atoms with van der Waals surface area (Å²) in [6, 6.07) is 18.4. The van der Waals surface area contributed by atoms with Gasteiger partial charge in [-0.25, -0.2) is 9.97 Å². The highest BCUT2D eigenvalue weighted by Gasteiger charge is 2.34. The molecule has 2 aromatic carbocycles. The number of fused-ring (bicyclic) bond motifs is 1. The fourth-order valence-electron chi connectivity index (χ4n) is 3.78. The summed E-state index contributed by atoms with van der Waals surface area (Å²) in [6.45, 7) is 6.42. The summed E-state index contributed by atoms with van der Waals surface area (Å²) in [6.07, 6.45) is 2.24. The van der Waals surface area contributed by atoms with Crippen molar-refractivity contribution in [3.8, 4) is 11.4 Å². The minimum atomic E-state index is -0.463. The smallest absolute Gasteiger partial charge is 0.162 e. The summed E-state index contributed by atoms with van der Waals surface area (Å²) in [5.41, 5.74) is 4.16. The Morgan fingerprint density at radius 2 is 1.75 bits per heavy atom. The number of aromatic nitrogens is 2. The van der Waals surface area contributed by atoms with Gasteiger partial charge in [0.15, 0.2) is 24.1 Å². The van der Waals surface area contributed by atoms with Gasteiger partial charge < -0.3 is 10.2 Å². The molecule has 142 valence electrons. The summed E-state index contributed by atoms with van der Waals surface area (Å²) < 4.78 is 0. The zero-order valence-corrected chi connectivity index (χ0v) is 16.3. The third kappa shape index (κ3) is 3.13. The highest BCUT2D eigenvalue weighted by molar-refractivity contribution is 5.83. The van der Waals surface area contributed by atoms with E-state index in [1.54, 1.807) is 6.20 Å².